The number of hydrogen-bond donors (Lipinski definition) is 1. The van der Waals surface area contributed by atoms with Crippen LogP contribution in [0.1, 0.15) is 49.0 Å². The quantitative estimate of drug-likeness (QED) is 0.446. The second-order valence-electron chi connectivity index (χ2n) is 8.11. The Morgan fingerprint density at radius 2 is 2.06 bits per heavy atom. The summed E-state index contributed by atoms with van der Waals surface area (Å²) in [5.41, 5.74) is 1.90. The van der Waals surface area contributed by atoms with E-state index in [2.05, 4.69) is 15.4 Å². The largest absolute Gasteiger partial charge is 0.459 e. The lowest BCUT2D eigenvalue weighted by Gasteiger charge is -2.26. The third kappa shape index (κ3) is 4.08. The van der Waals surface area contributed by atoms with E-state index in [1.807, 2.05) is 71.1 Å². The summed E-state index contributed by atoms with van der Waals surface area (Å²) in [6.07, 6.45) is 3.33. The predicted octanol–water partition coefficient (Wildman–Crippen LogP) is 5.33. The molecule has 1 aliphatic heterocycles. The Kier molecular flexibility index (Phi) is 5.57. The van der Waals surface area contributed by atoms with Gasteiger partial charge in [-0.15, -0.1) is 0 Å². The number of likely N-dealkylation sites (tertiary alicyclic amines) is 1. The third-order valence-electron chi connectivity index (χ3n) is 5.91. The number of hydrogen-bond acceptors (Lipinski definition) is 4. The van der Waals surface area contributed by atoms with E-state index in [1.54, 1.807) is 6.33 Å². The van der Waals surface area contributed by atoms with Crippen molar-refractivity contribution in [2.24, 2.45) is 0 Å². The molecule has 0 spiro atoms. The van der Waals surface area contributed by atoms with Crippen LogP contribution < -0.4 is 5.32 Å². The van der Waals surface area contributed by atoms with Crippen LogP contribution in [0, 0.1) is 0 Å². The average molecular weight is 450 g/mol. The molecular weight excluding hydrogens is 426 g/mol. The van der Waals surface area contributed by atoms with Crippen molar-refractivity contribution < 1.29 is 9.21 Å². The van der Waals surface area contributed by atoms with Gasteiger partial charge >= 0.3 is 6.03 Å². The summed E-state index contributed by atoms with van der Waals surface area (Å²) in [5.74, 6) is 1.53. The SMILES string of the molecule is C[C@H](NC(=O)N1CCC[C@@H]1c1ncnn1Cc1ccc(Cl)cc1)c1cc2ccccc2o1. The molecule has 1 aliphatic rings. The Morgan fingerprint density at radius 1 is 1.25 bits per heavy atom. The zero-order valence-corrected chi connectivity index (χ0v) is 18.5. The number of carbonyl (C=O) groups excluding carboxylic acids is 1. The smallest absolute Gasteiger partial charge is 0.318 e. The van der Waals surface area contributed by atoms with Gasteiger partial charge in [-0.25, -0.2) is 14.5 Å². The van der Waals surface area contributed by atoms with E-state index in [0.29, 0.717) is 18.1 Å². The van der Waals surface area contributed by atoms with Crippen molar-refractivity contribution in [2.45, 2.75) is 38.4 Å². The van der Waals surface area contributed by atoms with Crippen LogP contribution in [-0.4, -0.2) is 32.2 Å². The minimum Gasteiger partial charge on any atom is -0.459 e. The summed E-state index contributed by atoms with van der Waals surface area (Å²) in [6, 6.07) is 17.0. The van der Waals surface area contributed by atoms with Gasteiger partial charge in [0.15, 0.2) is 0 Å². The van der Waals surface area contributed by atoms with Crippen LogP contribution in [0.4, 0.5) is 4.79 Å². The Hall–Kier alpha value is -3.32. The van der Waals surface area contributed by atoms with Crippen molar-refractivity contribution in [3.05, 3.63) is 83.1 Å². The number of nitrogens with zero attached hydrogens (tertiary/aromatic N) is 4. The first-order valence-corrected chi connectivity index (χ1v) is 11.1. The third-order valence-corrected chi connectivity index (χ3v) is 6.17. The summed E-state index contributed by atoms with van der Waals surface area (Å²) < 4.78 is 7.78. The van der Waals surface area contributed by atoms with Gasteiger partial charge in [-0.3, -0.25) is 0 Å². The van der Waals surface area contributed by atoms with Gasteiger partial charge in [0.1, 0.15) is 23.5 Å². The molecule has 0 radical (unpaired) electrons. The van der Waals surface area contributed by atoms with Gasteiger partial charge in [-0.05, 0) is 49.6 Å². The number of nitrogens with one attached hydrogen (secondary N) is 1. The van der Waals surface area contributed by atoms with E-state index in [0.717, 1.165) is 41.0 Å². The molecule has 1 fully saturated rings. The minimum absolute atomic E-state index is 0.118. The Balaban J connectivity index is 1.31. The van der Waals surface area contributed by atoms with Crippen LogP contribution in [0.25, 0.3) is 11.0 Å². The zero-order valence-electron chi connectivity index (χ0n) is 17.7. The first-order chi connectivity index (χ1) is 15.6. The lowest BCUT2D eigenvalue weighted by Crippen LogP contribution is -2.41. The van der Waals surface area contributed by atoms with Gasteiger partial charge in [0.2, 0.25) is 0 Å². The molecule has 3 heterocycles. The number of urea groups is 1. The second kappa shape index (κ2) is 8.67. The molecule has 0 unspecified atom stereocenters. The fraction of sp³-hybridized carbons (Fsp3) is 0.292. The summed E-state index contributed by atoms with van der Waals surface area (Å²) in [4.78, 5) is 19.5. The van der Waals surface area contributed by atoms with Crippen molar-refractivity contribution in [3.8, 4) is 0 Å². The van der Waals surface area contributed by atoms with Gasteiger partial charge in [-0.1, -0.05) is 41.9 Å². The number of benzene rings is 2. The molecule has 2 aromatic heterocycles. The Morgan fingerprint density at radius 3 is 2.88 bits per heavy atom. The number of amides is 2. The molecule has 0 aliphatic carbocycles. The van der Waals surface area contributed by atoms with Crippen molar-refractivity contribution in [1.82, 2.24) is 25.0 Å². The summed E-state index contributed by atoms with van der Waals surface area (Å²) in [5, 5.41) is 9.22. The van der Waals surface area contributed by atoms with E-state index in [9.17, 15) is 4.79 Å². The van der Waals surface area contributed by atoms with E-state index >= 15 is 0 Å². The Bertz CT molecular complexity index is 1200. The maximum atomic E-state index is 13.2. The maximum absolute atomic E-state index is 13.2. The van der Waals surface area contributed by atoms with E-state index < -0.39 is 0 Å². The fourth-order valence-electron chi connectivity index (χ4n) is 4.25. The van der Waals surface area contributed by atoms with Crippen molar-refractivity contribution >= 4 is 28.6 Å². The molecule has 1 saturated heterocycles. The molecule has 32 heavy (non-hydrogen) atoms. The van der Waals surface area contributed by atoms with Gasteiger partial charge in [-0.2, -0.15) is 5.10 Å². The van der Waals surface area contributed by atoms with Crippen LogP contribution in [0.5, 0.6) is 0 Å². The summed E-state index contributed by atoms with van der Waals surface area (Å²) in [7, 11) is 0. The van der Waals surface area contributed by atoms with Gasteiger partial charge in [0.05, 0.1) is 18.6 Å². The second-order valence-corrected chi connectivity index (χ2v) is 8.55. The molecule has 0 saturated carbocycles. The van der Waals surface area contributed by atoms with Gasteiger partial charge < -0.3 is 14.6 Å². The van der Waals surface area contributed by atoms with E-state index in [1.165, 1.54) is 0 Å². The molecule has 7 nitrogen and oxygen atoms in total. The number of rotatable bonds is 5. The number of carbonyl (C=O) groups is 1. The number of para-hydroxylation sites is 1. The molecule has 4 aromatic rings. The topological polar surface area (TPSA) is 76.2 Å². The van der Waals surface area contributed by atoms with Gasteiger partial charge in [0.25, 0.3) is 0 Å². The molecule has 2 aromatic carbocycles. The van der Waals surface area contributed by atoms with Crippen LogP contribution in [0.3, 0.4) is 0 Å². The molecule has 5 rings (SSSR count). The first-order valence-electron chi connectivity index (χ1n) is 10.8. The highest BCUT2D eigenvalue weighted by Crippen LogP contribution is 2.32. The van der Waals surface area contributed by atoms with E-state index in [4.69, 9.17) is 16.0 Å². The highest BCUT2D eigenvalue weighted by atomic mass is 35.5. The Labute approximate surface area is 191 Å². The molecular formula is C24H24ClN5O2. The molecule has 2 atom stereocenters. The lowest BCUT2D eigenvalue weighted by atomic mass is 10.2. The van der Waals surface area contributed by atoms with Crippen molar-refractivity contribution in [1.29, 1.82) is 0 Å². The molecule has 0 bridgehead atoms. The maximum Gasteiger partial charge on any atom is 0.318 e. The molecule has 8 heteroatoms. The minimum atomic E-state index is -0.247. The van der Waals surface area contributed by atoms with Crippen LogP contribution in [0.15, 0.2) is 65.3 Å². The highest BCUT2D eigenvalue weighted by molar-refractivity contribution is 6.30. The predicted molar refractivity (Wildman–Crippen MR) is 122 cm³/mol. The number of furan rings is 1. The normalized spacial score (nSPS) is 17.1. The van der Waals surface area contributed by atoms with Crippen LogP contribution in [0.2, 0.25) is 5.02 Å². The fourth-order valence-corrected chi connectivity index (χ4v) is 4.38. The highest BCUT2D eigenvalue weighted by Gasteiger charge is 2.34. The van der Waals surface area contributed by atoms with E-state index in [-0.39, 0.29) is 18.1 Å². The number of halogens is 1. The summed E-state index contributed by atoms with van der Waals surface area (Å²) >= 11 is 6.00. The molecule has 164 valence electrons. The molecule has 1 N–H and O–H groups in total. The summed E-state index contributed by atoms with van der Waals surface area (Å²) in [6.45, 7) is 3.19. The van der Waals surface area contributed by atoms with Gasteiger partial charge in [0, 0.05) is 17.0 Å². The number of aromatic nitrogens is 3. The van der Waals surface area contributed by atoms with Crippen LogP contribution >= 0.6 is 11.6 Å². The number of fused-ring (bicyclic) bond motifs is 1. The standard InChI is InChI=1S/C24H24ClN5O2/c1-16(22-13-18-5-2-3-7-21(18)32-22)28-24(31)29-12-4-6-20(29)23-26-15-27-30(23)14-17-8-10-19(25)11-9-17/h2-3,5,7-11,13,15-16,20H,4,6,12,14H2,1H3,(H,28,31)/t16-,20+/m0/s1. The lowest BCUT2D eigenvalue weighted by molar-refractivity contribution is 0.185. The average Bonchev–Trinajstić information content (AvgIpc) is 3.54. The van der Waals surface area contributed by atoms with Crippen molar-refractivity contribution in [2.75, 3.05) is 6.54 Å². The monoisotopic (exact) mass is 449 g/mol. The molecule has 2 amide bonds. The van der Waals surface area contributed by atoms with Crippen molar-refractivity contribution in [3.63, 3.8) is 0 Å². The van der Waals surface area contributed by atoms with Crippen LogP contribution in [-0.2, 0) is 6.54 Å². The first kappa shape index (κ1) is 20.6. The zero-order chi connectivity index (χ0) is 22.1.